The third-order valence-corrected chi connectivity index (χ3v) is 4.97. The van der Waals surface area contributed by atoms with Crippen LogP contribution in [0.1, 0.15) is 18.1 Å². The van der Waals surface area contributed by atoms with Crippen LogP contribution in [0.25, 0.3) is 16.9 Å². The molecule has 4 aromatic rings. The number of aromatic nitrogens is 3. The first-order valence-electron chi connectivity index (χ1n) is 9.70. The van der Waals surface area contributed by atoms with Gasteiger partial charge in [0.25, 0.3) is 5.56 Å². The van der Waals surface area contributed by atoms with Gasteiger partial charge in [0.05, 0.1) is 29.8 Å². The third-order valence-electron chi connectivity index (χ3n) is 4.97. The van der Waals surface area contributed by atoms with Gasteiger partial charge in [-0.3, -0.25) is 9.89 Å². The van der Waals surface area contributed by atoms with Gasteiger partial charge in [-0.05, 0) is 74.0 Å². The van der Waals surface area contributed by atoms with Gasteiger partial charge in [-0.25, -0.2) is 19.0 Å². The van der Waals surface area contributed by atoms with Gasteiger partial charge in [0.15, 0.2) is 5.82 Å². The second-order valence-electron chi connectivity index (χ2n) is 7.05. The van der Waals surface area contributed by atoms with E-state index in [9.17, 15) is 9.18 Å². The zero-order valence-corrected chi connectivity index (χ0v) is 17.4. The molecule has 0 aliphatic heterocycles. The Bertz CT molecular complexity index is 1300. The number of aliphatic imine (C=N–C) groups is 1. The highest BCUT2D eigenvalue weighted by Crippen LogP contribution is 2.25. The largest absolute Gasteiger partial charge is 0.497 e. The molecule has 156 valence electrons. The summed E-state index contributed by atoms with van der Waals surface area (Å²) in [6, 6.07) is 16.8. The fraction of sp³-hybridized carbons (Fsp3) is 0.125. The van der Waals surface area contributed by atoms with Gasteiger partial charge in [-0.2, -0.15) is 0 Å². The third kappa shape index (κ3) is 4.02. The van der Waals surface area contributed by atoms with Gasteiger partial charge >= 0.3 is 0 Å². The summed E-state index contributed by atoms with van der Waals surface area (Å²) in [6.07, 6.45) is 1.66. The molecule has 1 N–H and O–H groups in total. The van der Waals surface area contributed by atoms with E-state index < -0.39 is 0 Å². The van der Waals surface area contributed by atoms with Gasteiger partial charge in [0, 0.05) is 11.8 Å². The van der Waals surface area contributed by atoms with Crippen LogP contribution in [-0.4, -0.2) is 27.6 Å². The average Bonchev–Trinajstić information content (AvgIpc) is 3.13. The summed E-state index contributed by atoms with van der Waals surface area (Å²) in [5.74, 6) is 0.886. The van der Waals surface area contributed by atoms with E-state index in [-0.39, 0.29) is 11.4 Å². The van der Waals surface area contributed by atoms with Crippen LogP contribution >= 0.6 is 0 Å². The van der Waals surface area contributed by atoms with Crippen molar-refractivity contribution in [3.63, 3.8) is 0 Å². The lowest BCUT2D eigenvalue weighted by molar-refractivity contribution is 0.415. The van der Waals surface area contributed by atoms with E-state index in [0.29, 0.717) is 34.2 Å². The molecule has 0 aliphatic carbocycles. The first kappa shape index (κ1) is 20.3. The van der Waals surface area contributed by atoms with E-state index in [1.54, 1.807) is 32.4 Å². The van der Waals surface area contributed by atoms with Crippen molar-refractivity contribution in [1.82, 2.24) is 14.8 Å². The lowest BCUT2D eigenvalue weighted by Gasteiger charge is -2.05. The average molecular weight is 416 g/mol. The zero-order chi connectivity index (χ0) is 22.0. The summed E-state index contributed by atoms with van der Waals surface area (Å²) in [5.41, 5.74) is 3.48. The van der Waals surface area contributed by atoms with Crippen LogP contribution in [0, 0.1) is 12.7 Å². The van der Waals surface area contributed by atoms with Crippen LogP contribution in [0.15, 0.2) is 76.6 Å². The van der Waals surface area contributed by atoms with Crippen LogP contribution in [0.4, 0.5) is 10.2 Å². The lowest BCUT2D eigenvalue weighted by Crippen LogP contribution is -2.19. The predicted molar refractivity (Wildman–Crippen MR) is 119 cm³/mol. The minimum absolute atomic E-state index is 0.285. The van der Waals surface area contributed by atoms with E-state index in [2.05, 4.69) is 15.1 Å². The number of benzene rings is 2. The Kier molecular flexibility index (Phi) is 5.49. The molecule has 0 saturated carbocycles. The number of pyridine rings is 1. The summed E-state index contributed by atoms with van der Waals surface area (Å²) < 4.78 is 20.0. The van der Waals surface area contributed by atoms with Crippen LogP contribution in [0.5, 0.6) is 5.75 Å². The van der Waals surface area contributed by atoms with Crippen molar-refractivity contribution < 1.29 is 9.13 Å². The maximum absolute atomic E-state index is 13.4. The van der Waals surface area contributed by atoms with Crippen LogP contribution in [0.2, 0.25) is 0 Å². The van der Waals surface area contributed by atoms with Crippen molar-refractivity contribution in [2.45, 2.75) is 13.8 Å². The molecule has 0 radical (unpaired) electrons. The molecule has 0 saturated heterocycles. The fourth-order valence-corrected chi connectivity index (χ4v) is 3.32. The highest BCUT2D eigenvalue weighted by molar-refractivity contribution is 6.04. The molecule has 6 nitrogen and oxygen atoms in total. The van der Waals surface area contributed by atoms with Crippen molar-refractivity contribution in [3.05, 3.63) is 94.2 Å². The van der Waals surface area contributed by atoms with Crippen LogP contribution < -0.4 is 10.3 Å². The number of H-pyrrole nitrogens is 1. The SMILES string of the molecule is COc1ccc(-c2[nH]n(-c3ccc(F)cc3)c(=O)c2C(C)=Nc2ncccc2C)cc1. The molecule has 0 aliphatic rings. The predicted octanol–water partition coefficient (Wildman–Crippen LogP) is 4.82. The summed E-state index contributed by atoms with van der Waals surface area (Å²) in [5, 5.41) is 3.16. The van der Waals surface area contributed by atoms with Gasteiger partial charge in [-0.1, -0.05) is 6.07 Å². The standard InChI is InChI=1S/C24H21FN4O2/c1-15-5-4-14-26-23(15)27-16(2)21-22(17-6-12-20(31-3)13-7-17)28-29(24(21)30)19-10-8-18(25)9-11-19/h4-14,28H,1-3H3. The number of methoxy groups -OCH3 is 1. The number of aryl methyl sites for hydroxylation is 1. The molecular weight excluding hydrogens is 395 g/mol. The van der Waals surface area contributed by atoms with Crippen molar-refractivity contribution >= 4 is 11.5 Å². The van der Waals surface area contributed by atoms with Crippen molar-refractivity contribution in [3.8, 4) is 22.7 Å². The highest BCUT2D eigenvalue weighted by Gasteiger charge is 2.20. The Morgan fingerprint density at radius 1 is 1.10 bits per heavy atom. The molecule has 0 bridgehead atoms. The summed E-state index contributed by atoms with van der Waals surface area (Å²) in [4.78, 5) is 22.3. The molecule has 2 heterocycles. The molecule has 0 unspecified atom stereocenters. The molecule has 4 rings (SSSR count). The Morgan fingerprint density at radius 3 is 2.45 bits per heavy atom. The first-order chi connectivity index (χ1) is 15.0. The van der Waals surface area contributed by atoms with Gasteiger partial charge in [0.2, 0.25) is 0 Å². The van der Waals surface area contributed by atoms with Gasteiger partial charge < -0.3 is 4.74 Å². The van der Waals surface area contributed by atoms with E-state index in [1.165, 1.54) is 16.8 Å². The summed E-state index contributed by atoms with van der Waals surface area (Å²) in [6.45, 7) is 3.69. The number of ether oxygens (including phenoxy) is 1. The Hall–Kier alpha value is -4.00. The number of halogens is 1. The molecule has 7 heteroatoms. The lowest BCUT2D eigenvalue weighted by atomic mass is 10.0. The zero-order valence-electron chi connectivity index (χ0n) is 17.4. The second kappa shape index (κ2) is 8.39. The molecule has 2 aromatic heterocycles. The van der Waals surface area contributed by atoms with E-state index >= 15 is 0 Å². The fourth-order valence-electron chi connectivity index (χ4n) is 3.32. The number of aromatic amines is 1. The molecule has 0 amide bonds. The molecule has 31 heavy (non-hydrogen) atoms. The maximum Gasteiger partial charge on any atom is 0.280 e. The molecule has 0 fully saturated rings. The van der Waals surface area contributed by atoms with Crippen molar-refractivity contribution in [2.24, 2.45) is 4.99 Å². The Labute approximate surface area is 178 Å². The number of hydrogen-bond donors (Lipinski definition) is 1. The molecule has 0 spiro atoms. The minimum atomic E-state index is -0.373. The molecule has 2 aromatic carbocycles. The minimum Gasteiger partial charge on any atom is -0.497 e. The number of hydrogen-bond acceptors (Lipinski definition) is 4. The smallest absolute Gasteiger partial charge is 0.280 e. The number of rotatable bonds is 5. The van der Waals surface area contributed by atoms with E-state index in [4.69, 9.17) is 4.74 Å². The second-order valence-corrected chi connectivity index (χ2v) is 7.05. The monoisotopic (exact) mass is 416 g/mol. The summed E-state index contributed by atoms with van der Waals surface area (Å²) in [7, 11) is 1.60. The topological polar surface area (TPSA) is 72.3 Å². The van der Waals surface area contributed by atoms with Crippen LogP contribution in [0.3, 0.4) is 0 Å². The number of nitrogens with zero attached hydrogens (tertiary/aromatic N) is 3. The maximum atomic E-state index is 13.4. The highest BCUT2D eigenvalue weighted by atomic mass is 19.1. The van der Waals surface area contributed by atoms with Crippen molar-refractivity contribution in [1.29, 1.82) is 0 Å². The van der Waals surface area contributed by atoms with Crippen molar-refractivity contribution in [2.75, 3.05) is 7.11 Å². The van der Waals surface area contributed by atoms with E-state index in [0.717, 1.165) is 11.1 Å². The number of nitrogens with one attached hydrogen (secondary N) is 1. The molecular formula is C24H21FN4O2. The van der Waals surface area contributed by atoms with Gasteiger partial charge in [0.1, 0.15) is 11.6 Å². The normalized spacial score (nSPS) is 11.5. The van der Waals surface area contributed by atoms with E-state index in [1.807, 2.05) is 43.3 Å². The molecule has 0 atom stereocenters. The van der Waals surface area contributed by atoms with Gasteiger partial charge in [-0.15, -0.1) is 0 Å². The quantitative estimate of drug-likeness (QED) is 0.474. The first-order valence-corrected chi connectivity index (χ1v) is 9.70. The van der Waals surface area contributed by atoms with Crippen LogP contribution in [-0.2, 0) is 0 Å². The Balaban J connectivity index is 1.92. The Morgan fingerprint density at radius 2 is 1.81 bits per heavy atom. The summed E-state index contributed by atoms with van der Waals surface area (Å²) >= 11 is 0.